The minimum atomic E-state index is 0.124. The molecule has 2 atom stereocenters. The van der Waals surface area contributed by atoms with Crippen LogP contribution in [0, 0.1) is 0 Å². The van der Waals surface area contributed by atoms with Gasteiger partial charge in [-0.25, -0.2) is 0 Å². The molecule has 0 bridgehead atoms. The monoisotopic (exact) mass is 281 g/mol. The van der Waals surface area contributed by atoms with Crippen molar-refractivity contribution in [1.29, 1.82) is 0 Å². The lowest BCUT2D eigenvalue weighted by Gasteiger charge is -2.26. The number of nitrogens with zero attached hydrogens (tertiary/aromatic N) is 1. The van der Waals surface area contributed by atoms with E-state index in [4.69, 9.17) is 4.74 Å². The molecule has 2 nitrogen and oxygen atoms in total. The standard InChI is InChI=1S/C19H23NO/c1-20-14-8-11-17(20)15-19(16-9-4-2-5-10-16)21-18-12-6-3-7-13-18/h2-7,9-10,12-13,17,19H,8,11,14-15H2,1H3. The van der Waals surface area contributed by atoms with Gasteiger partial charge in [-0.3, -0.25) is 0 Å². The van der Waals surface area contributed by atoms with Crippen LogP contribution in [0.3, 0.4) is 0 Å². The number of benzene rings is 2. The summed E-state index contributed by atoms with van der Waals surface area (Å²) >= 11 is 0. The summed E-state index contributed by atoms with van der Waals surface area (Å²) in [6.07, 6.45) is 3.75. The maximum Gasteiger partial charge on any atom is 0.125 e. The van der Waals surface area contributed by atoms with Gasteiger partial charge in [0, 0.05) is 12.5 Å². The minimum absolute atomic E-state index is 0.124. The first-order chi connectivity index (χ1) is 10.3. The Morgan fingerprint density at radius 3 is 2.33 bits per heavy atom. The zero-order valence-corrected chi connectivity index (χ0v) is 12.6. The molecule has 2 heteroatoms. The molecule has 0 N–H and O–H groups in total. The van der Waals surface area contributed by atoms with Gasteiger partial charge < -0.3 is 9.64 Å². The molecule has 1 saturated heterocycles. The molecule has 1 aliphatic rings. The van der Waals surface area contributed by atoms with Crippen LogP contribution in [0.1, 0.15) is 30.9 Å². The van der Waals surface area contributed by atoms with E-state index in [0.29, 0.717) is 6.04 Å². The summed E-state index contributed by atoms with van der Waals surface area (Å²) in [5, 5.41) is 0. The second-order valence-electron chi connectivity index (χ2n) is 5.84. The second-order valence-corrected chi connectivity index (χ2v) is 5.84. The third-order valence-electron chi connectivity index (χ3n) is 4.35. The Hall–Kier alpha value is -1.80. The van der Waals surface area contributed by atoms with Gasteiger partial charge in [-0.15, -0.1) is 0 Å². The highest BCUT2D eigenvalue weighted by Gasteiger charge is 2.26. The third kappa shape index (κ3) is 3.64. The van der Waals surface area contributed by atoms with Crippen LogP contribution < -0.4 is 4.74 Å². The van der Waals surface area contributed by atoms with Gasteiger partial charge in [0.1, 0.15) is 11.9 Å². The Bertz CT molecular complexity index is 540. The molecule has 0 amide bonds. The molecule has 1 aliphatic heterocycles. The fourth-order valence-electron chi connectivity index (χ4n) is 3.11. The molecular weight excluding hydrogens is 258 g/mol. The van der Waals surface area contributed by atoms with Gasteiger partial charge in [-0.2, -0.15) is 0 Å². The molecule has 0 aliphatic carbocycles. The summed E-state index contributed by atoms with van der Waals surface area (Å²) < 4.78 is 6.28. The third-order valence-corrected chi connectivity index (χ3v) is 4.35. The van der Waals surface area contributed by atoms with E-state index in [1.165, 1.54) is 24.9 Å². The lowest BCUT2D eigenvalue weighted by Crippen LogP contribution is -2.28. The second kappa shape index (κ2) is 6.77. The molecule has 2 aromatic rings. The summed E-state index contributed by atoms with van der Waals surface area (Å²) in [5.74, 6) is 0.951. The van der Waals surface area contributed by atoms with E-state index in [-0.39, 0.29) is 6.10 Å². The van der Waals surface area contributed by atoms with Crippen molar-refractivity contribution < 1.29 is 4.74 Å². The first-order valence-electron chi connectivity index (χ1n) is 7.80. The van der Waals surface area contributed by atoms with Crippen LogP contribution in [0.2, 0.25) is 0 Å². The number of hydrogen-bond donors (Lipinski definition) is 0. The first-order valence-corrected chi connectivity index (χ1v) is 7.80. The van der Waals surface area contributed by atoms with Gasteiger partial charge in [0.25, 0.3) is 0 Å². The van der Waals surface area contributed by atoms with Crippen LogP contribution in [0.15, 0.2) is 60.7 Å². The van der Waals surface area contributed by atoms with Crippen molar-refractivity contribution in [1.82, 2.24) is 4.90 Å². The zero-order chi connectivity index (χ0) is 14.5. The minimum Gasteiger partial charge on any atom is -0.486 e. The lowest BCUT2D eigenvalue weighted by atomic mass is 10.0. The molecule has 0 spiro atoms. The molecule has 0 saturated carbocycles. The number of ether oxygens (including phenoxy) is 1. The maximum atomic E-state index is 6.28. The van der Waals surface area contributed by atoms with E-state index in [2.05, 4.69) is 42.3 Å². The highest BCUT2D eigenvalue weighted by molar-refractivity contribution is 5.24. The van der Waals surface area contributed by atoms with E-state index in [9.17, 15) is 0 Å². The predicted octanol–water partition coefficient (Wildman–Crippen LogP) is 4.29. The van der Waals surface area contributed by atoms with Crippen molar-refractivity contribution >= 4 is 0 Å². The van der Waals surface area contributed by atoms with Crippen molar-refractivity contribution in [3.05, 3.63) is 66.2 Å². The van der Waals surface area contributed by atoms with Gasteiger partial charge in [0.05, 0.1) is 0 Å². The number of likely N-dealkylation sites (tertiary alicyclic amines) is 1. The highest BCUT2D eigenvalue weighted by Crippen LogP contribution is 2.30. The normalized spacial score (nSPS) is 20.3. The van der Waals surface area contributed by atoms with Gasteiger partial charge in [-0.1, -0.05) is 48.5 Å². The predicted molar refractivity (Wildman–Crippen MR) is 86.5 cm³/mol. The number of rotatable bonds is 5. The van der Waals surface area contributed by atoms with Crippen LogP contribution in [0.4, 0.5) is 0 Å². The van der Waals surface area contributed by atoms with E-state index < -0.39 is 0 Å². The van der Waals surface area contributed by atoms with E-state index in [1.807, 2.05) is 30.3 Å². The zero-order valence-electron chi connectivity index (χ0n) is 12.6. The van der Waals surface area contributed by atoms with Gasteiger partial charge in [0.2, 0.25) is 0 Å². The van der Waals surface area contributed by atoms with Gasteiger partial charge in [-0.05, 0) is 44.1 Å². The van der Waals surface area contributed by atoms with E-state index in [0.717, 1.165) is 12.2 Å². The summed E-state index contributed by atoms with van der Waals surface area (Å²) in [4.78, 5) is 2.46. The quantitative estimate of drug-likeness (QED) is 0.810. The average Bonchev–Trinajstić information content (AvgIpc) is 2.94. The molecule has 110 valence electrons. The Labute approximate surface area is 127 Å². The van der Waals surface area contributed by atoms with Crippen LogP contribution in [0.5, 0.6) is 5.75 Å². The molecule has 3 rings (SSSR count). The Morgan fingerprint density at radius 2 is 1.71 bits per heavy atom. The molecule has 2 unspecified atom stereocenters. The molecular formula is C19H23NO. The fourth-order valence-corrected chi connectivity index (χ4v) is 3.11. The van der Waals surface area contributed by atoms with Crippen molar-refractivity contribution in [2.75, 3.05) is 13.6 Å². The number of hydrogen-bond acceptors (Lipinski definition) is 2. The first kappa shape index (κ1) is 14.2. The average molecular weight is 281 g/mol. The molecule has 1 fully saturated rings. The number of para-hydroxylation sites is 1. The highest BCUT2D eigenvalue weighted by atomic mass is 16.5. The van der Waals surface area contributed by atoms with E-state index in [1.54, 1.807) is 0 Å². The smallest absolute Gasteiger partial charge is 0.125 e. The summed E-state index contributed by atoms with van der Waals surface area (Å²) in [7, 11) is 2.22. The maximum absolute atomic E-state index is 6.28. The summed E-state index contributed by atoms with van der Waals surface area (Å²) in [6.45, 7) is 1.21. The summed E-state index contributed by atoms with van der Waals surface area (Å²) in [6, 6.07) is 21.4. The van der Waals surface area contributed by atoms with E-state index >= 15 is 0 Å². The fraction of sp³-hybridized carbons (Fsp3) is 0.368. The SMILES string of the molecule is CN1CCCC1CC(Oc1ccccc1)c1ccccc1. The van der Waals surface area contributed by atoms with Gasteiger partial charge in [0.15, 0.2) is 0 Å². The molecule has 21 heavy (non-hydrogen) atoms. The van der Waals surface area contributed by atoms with Crippen molar-refractivity contribution in [3.63, 3.8) is 0 Å². The molecule has 0 radical (unpaired) electrons. The van der Waals surface area contributed by atoms with Crippen molar-refractivity contribution in [2.45, 2.75) is 31.4 Å². The van der Waals surface area contributed by atoms with Crippen LogP contribution in [0.25, 0.3) is 0 Å². The topological polar surface area (TPSA) is 12.5 Å². The lowest BCUT2D eigenvalue weighted by molar-refractivity contribution is 0.152. The Morgan fingerprint density at radius 1 is 1.05 bits per heavy atom. The van der Waals surface area contributed by atoms with Crippen LogP contribution in [-0.2, 0) is 0 Å². The van der Waals surface area contributed by atoms with Gasteiger partial charge >= 0.3 is 0 Å². The van der Waals surface area contributed by atoms with Crippen LogP contribution in [-0.4, -0.2) is 24.5 Å². The Balaban J connectivity index is 1.77. The molecule has 1 heterocycles. The largest absolute Gasteiger partial charge is 0.486 e. The Kier molecular flexibility index (Phi) is 4.56. The molecule has 2 aromatic carbocycles. The summed E-state index contributed by atoms with van der Waals surface area (Å²) in [5.41, 5.74) is 1.27. The van der Waals surface area contributed by atoms with Crippen molar-refractivity contribution in [3.8, 4) is 5.75 Å². The van der Waals surface area contributed by atoms with Crippen LogP contribution >= 0.6 is 0 Å². The molecule has 0 aromatic heterocycles. The van der Waals surface area contributed by atoms with Crippen molar-refractivity contribution in [2.24, 2.45) is 0 Å².